The Morgan fingerprint density at radius 2 is 2.25 bits per heavy atom. The van der Waals surface area contributed by atoms with Crippen molar-refractivity contribution in [3.05, 3.63) is 29.3 Å². The van der Waals surface area contributed by atoms with Crippen molar-refractivity contribution in [3.63, 3.8) is 0 Å². The van der Waals surface area contributed by atoms with Crippen LogP contribution >= 0.6 is 12.2 Å². The number of carbonyl (C=O) groups is 1. The van der Waals surface area contributed by atoms with Crippen molar-refractivity contribution in [2.24, 2.45) is 5.73 Å². The largest absolute Gasteiger partial charge is 0.465 e. The molecule has 0 bridgehead atoms. The molecule has 1 aromatic rings. The van der Waals surface area contributed by atoms with Crippen LogP contribution < -0.4 is 16.4 Å². The fraction of sp³-hybridized carbons (Fsp3) is 0.200. The predicted octanol–water partition coefficient (Wildman–Crippen LogP) is 1.42. The second kappa shape index (κ2) is 5.32. The van der Waals surface area contributed by atoms with Crippen molar-refractivity contribution in [1.29, 1.82) is 0 Å². The number of carboxylic acid groups (broad SMARTS) is 1. The van der Waals surface area contributed by atoms with E-state index >= 15 is 0 Å². The third-order valence-corrected chi connectivity index (χ3v) is 2.24. The van der Waals surface area contributed by atoms with E-state index in [0.29, 0.717) is 0 Å². The smallest absolute Gasteiger partial charge is 0.404 e. The molecule has 5 nitrogen and oxygen atoms in total. The molecular weight excluding hydrogens is 226 g/mol. The Bertz CT molecular complexity index is 421. The number of nitrogens with one attached hydrogen (secondary N) is 2. The van der Waals surface area contributed by atoms with Gasteiger partial charge < -0.3 is 21.5 Å². The standard InChI is InChI=1S/C10H13N3O2S/c1-6-7(5-12-10(14)15)3-2-4-8(6)13-9(11)16/h2-4,12H,5H2,1H3,(H,14,15)(H3,11,13,16). The minimum Gasteiger partial charge on any atom is -0.465 e. The summed E-state index contributed by atoms with van der Waals surface area (Å²) in [6, 6.07) is 5.49. The van der Waals surface area contributed by atoms with Gasteiger partial charge in [0.1, 0.15) is 0 Å². The van der Waals surface area contributed by atoms with Gasteiger partial charge in [-0.25, -0.2) is 4.79 Å². The van der Waals surface area contributed by atoms with E-state index in [1.807, 2.05) is 25.1 Å². The highest BCUT2D eigenvalue weighted by Crippen LogP contribution is 2.18. The van der Waals surface area contributed by atoms with Gasteiger partial charge in [-0.05, 0) is 36.3 Å². The lowest BCUT2D eigenvalue weighted by Gasteiger charge is -2.12. The molecule has 6 heteroatoms. The quantitative estimate of drug-likeness (QED) is 0.599. The Balaban J connectivity index is 2.85. The van der Waals surface area contributed by atoms with Gasteiger partial charge in [0.2, 0.25) is 0 Å². The Kier molecular flexibility index (Phi) is 4.07. The summed E-state index contributed by atoms with van der Waals surface area (Å²) in [7, 11) is 0. The van der Waals surface area contributed by atoms with Crippen LogP contribution in [-0.4, -0.2) is 16.3 Å². The van der Waals surface area contributed by atoms with E-state index < -0.39 is 6.09 Å². The van der Waals surface area contributed by atoms with Gasteiger partial charge in [-0.1, -0.05) is 12.1 Å². The molecule has 16 heavy (non-hydrogen) atoms. The molecule has 0 saturated heterocycles. The Labute approximate surface area is 98.6 Å². The number of rotatable bonds is 3. The number of nitrogens with two attached hydrogens (primary N) is 1. The Hall–Kier alpha value is -1.82. The maximum atomic E-state index is 10.4. The average molecular weight is 239 g/mol. The SMILES string of the molecule is Cc1c(CNC(=O)O)cccc1NC(N)=S. The zero-order valence-corrected chi connectivity index (χ0v) is 9.60. The molecule has 0 aromatic heterocycles. The third-order valence-electron chi connectivity index (χ3n) is 2.13. The molecule has 0 aliphatic rings. The summed E-state index contributed by atoms with van der Waals surface area (Å²) in [5, 5.41) is 13.8. The summed E-state index contributed by atoms with van der Waals surface area (Å²) in [5.41, 5.74) is 7.96. The molecule has 1 rings (SSSR count). The van der Waals surface area contributed by atoms with Gasteiger partial charge in [0.25, 0.3) is 0 Å². The van der Waals surface area contributed by atoms with Gasteiger partial charge in [-0.2, -0.15) is 0 Å². The van der Waals surface area contributed by atoms with Crippen LogP contribution in [0.25, 0.3) is 0 Å². The minimum atomic E-state index is -1.05. The Morgan fingerprint density at radius 3 is 2.81 bits per heavy atom. The highest BCUT2D eigenvalue weighted by atomic mass is 32.1. The van der Waals surface area contributed by atoms with Crippen molar-refractivity contribution in [1.82, 2.24) is 5.32 Å². The molecule has 0 aliphatic carbocycles. The first-order valence-corrected chi connectivity index (χ1v) is 5.03. The summed E-state index contributed by atoms with van der Waals surface area (Å²) in [6.07, 6.45) is -1.05. The minimum absolute atomic E-state index is 0.187. The van der Waals surface area contributed by atoms with Crippen molar-refractivity contribution in [2.45, 2.75) is 13.5 Å². The van der Waals surface area contributed by atoms with Crippen LogP contribution in [0.4, 0.5) is 10.5 Å². The molecule has 0 fully saturated rings. The fourth-order valence-corrected chi connectivity index (χ4v) is 1.42. The molecule has 5 N–H and O–H groups in total. The molecule has 0 heterocycles. The molecule has 0 radical (unpaired) electrons. The van der Waals surface area contributed by atoms with E-state index in [4.69, 9.17) is 23.1 Å². The van der Waals surface area contributed by atoms with Crippen molar-refractivity contribution in [2.75, 3.05) is 5.32 Å². The van der Waals surface area contributed by atoms with Crippen LogP contribution in [0.1, 0.15) is 11.1 Å². The zero-order valence-electron chi connectivity index (χ0n) is 8.78. The molecule has 0 unspecified atom stereocenters. The van der Waals surface area contributed by atoms with Crippen LogP contribution in [0.15, 0.2) is 18.2 Å². The molecular formula is C10H13N3O2S. The summed E-state index contributed by atoms with van der Waals surface area (Å²) >= 11 is 4.74. The second-order valence-electron chi connectivity index (χ2n) is 3.24. The maximum Gasteiger partial charge on any atom is 0.404 e. The summed E-state index contributed by atoms with van der Waals surface area (Å²) in [6.45, 7) is 2.13. The van der Waals surface area contributed by atoms with Gasteiger partial charge in [0, 0.05) is 12.2 Å². The topological polar surface area (TPSA) is 87.4 Å². The van der Waals surface area contributed by atoms with Crippen LogP contribution in [-0.2, 0) is 6.54 Å². The Morgan fingerprint density at radius 1 is 1.56 bits per heavy atom. The second-order valence-corrected chi connectivity index (χ2v) is 3.68. The van der Waals surface area contributed by atoms with Crippen LogP contribution in [0.3, 0.4) is 0 Å². The summed E-state index contributed by atoms with van der Waals surface area (Å²) in [5.74, 6) is 0. The molecule has 1 amide bonds. The number of amides is 1. The van der Waals surface area contributed by atoms with Crippen LogP contribution in [0.5, 0.6) is 0 Å². The van der Waals surface area contributed by atoms with Crippen molar-refractivity contribution < 1.29 is 9.90 Å². The lowest BCUT2D eigenvalue weighted by Crippen LogP contribution is -2.22. The first kappa shape index (κ1) is 12.3. The molecule has 0 spiro atoms. The van der Waals surface area contributed by atoms with Gasteiger partial charge in [-0.15, -0.1) is 0 Å². The molecule has 0 aliphatic heterocycles. The van der Waals surface area contributed by atoms with Crippen molar-refractivity contribution >= 4 is 29.1 Å². The highest BCUT2D eigenvalue weighted by molar-refractivity contribution is 7.80. The molecule has 1 aromatic carbocycles. The number of hydrogen-bond acceptors (Lipinski definition) is 2. The monoisotopic (exact) mass is 239 g/mol. The van der Waals surface area contributed by atoms with Crippen LogP contribution in [0, 0.1) is 6.92 Å². The average Bonchev–Trinajstić information content (AvgIpc) is 2.18. The van der Waals surface area contributed by atoms with Gasteiger partial charge in [-0.3, -0.25) is 0 Å². The fourth-order valence-electron chi connectivity index (χ4n) is 1.31. The molecule has 0 saturated carbocycles. The summed E-state index contributed by atoms with van der Waals surface area (Å²) in [4.78, 5) is 10.4. The highest BCUT2D eigenvalue weighted by Gasteiger charge is 2.05. The molecule has 86 valence electrons. The lowest BCUT2D eigenvalue weighted by molar-refractivity contribution is 0.194. The van der Waals surface area contributed by atoms with Gasteiger partial charge in [0.15, 0.2) is 5.11 Å². The van der Waals surface area contributed by atoms with E-state index in [1.165, 1.54) is 0 Å². The van der Waals surface area contributed by atoms with Gasteiger partial charge in [0.05, 0.1) is 0 Å². The van der Waals surface area contributed by atoms with E-state index in [1.54, 1.807) is 0 Å². The van der Waals surface area contributed by atoms with E-state index in [0.717, 1.165) is 16.8 Å². The summed E-state index contributed by atoms with van der Waals surface area (Å²) < 4.78 is 0. The van der Waals surface area contributed by atoms with Crippen molar-refractivity contribution in [3.8, 4) is 0 Å². The number of hydrogen-bond donors (Lipinski definition) is 4. The molecule has 0 atom stereocenters. The predicted molar refractivity (Wildman–Crippen MR) is 66.5 cm³/mol. The van der Waals surface area contributed by atoms with Gasteiger partial charge >= 0.3 is 6.09 Å². The first-order valence-electron chi connectivity index (χ1n) is 4.62. The van der Waals surface area contributed by atoms with E-state index in [2.05, 4.69) is 10.6 Å². The van der Waals surface area contributed by atoms with Crippen LogP contribution in [0.2, 0.25) is 0 Å². The normalized spacial score (nSPS) is 9.56. The van der Waals surface area contributed by atoms with E-state index in [9.17, 15) is 4.79 Å². The maximum absolute atomic E-state index is 10.4. The number of anilines is 1. The number of benzene rings is 1. The zero-order chi connectivity index (χ0) is 12.1. The number of thiocarbonyl (C=S) groups is 1. The van der Waals surface area contributed by atoms with E-state index in [-0.39, 0.29) is 11.7 Å². The first-order chi connectivity index (χ1) is 7.50. The third kappa shape index (κ3) is 3.39. The lowest BCUT2D eigenvalue weighted by atomic mass is 10.1.